The molecule has 4 nitrogen and oxygen atoms in total. The van der Waals surface area contributed by atoms with Gasteiger partial charge in [0.05, 0.1) is 12.8 Å². The Kier molecular flexibility index (Phi) is 3.57. The van der Waals surface area contributed by atoms with Crippen LogP contribution >= 0.6 is 0 Å². The van der Waals surface area contributed by atoms with Crippen LogP contribution in [0.25, 0.3) is 0 Å². The lowest BCUT2D eigenvalue weighted by atomic mass is 10.1. The summed E-state index contributed by atoms with van der Waals surface area (Å²) in [5.41, 5.74) is 6.63. The Bertz CT molecular complexity index is 465. The number of furan rings is 1. The van der Waals surface area contributed by atoms with Gasteiger partial charge in [0.25, 0.3) is 0 Å². The molecule has 3 N–H and O–H groups in total. The Balaban J connectivity index is 1.92. The van der Waals surface area contributed by atoms with E-state index in [9.17, 15) is 4.79 Å². The van der Waals surface area contributed by atoms with Crippen LogP contribution in [0.2, 0.25) is 0 Å². The molecule has 0 saturated heterocycles. The van der Waals surface area contributed by atoms with Gasteiger partial charge < -0.3 is 15.5 Å². The average Bonchev–Trinajstić information content (AvgIpc) is 2.89. The summed E-state index contributed by atoms with van der Waals surface area (Å²) in [6, 6.07) is 12.2. The lowest BCUT2D eigenvalue weighted by Gasteiger charge is -2.11. The number of benzene rings is 1. The summed E-state index contributed by atoms with van der Waals surface area (Å²) in [5, 5.41) is 2.73. The number of carbonyl (C=O) groups excluding carboxylic acids is 1. The molecule has 1 aromatic heterocycles. The first-order valence-electron chi connectivity index (χ1n) is 5.38. The van der Waals surface area contributed by atoms with Crippen molar-refractivity contribution in [2.45, 2.75) is 12.6 Å². The second-order valence-electron chi connectivity index (χ2n) is 3.69. The van der Waals surface area contributed by atoms with Crippen LogP contribution < -0.4 is 11.1 Å². The molecule has 0 aliphatic carbocycles. The SMILES string of the molecule is N[C@@H](C(=O)NCc1ccco1)c1ccccc1. The van der Waals surface area contributed by atoms with Crippen molar-refractivity contribution in [1.82, 2.24) is 5.32 Å². The molecule has 0 aliphatic rings. The molecule has 2 rings (SSSR count). The summed E-state index contributed by atoms with van der Waals surface area (Å²) in [7, 11) is 0. The summed E-state index contributed by atoms with van der Waals surface area (Å²) < 4.78 is 5.11. The van der Waals surface area contributed by atoms with Crippen LogP contribution in [-0.2, 0) is 11.3 Å². The highest BCUT2D eigenvalue weighted by atomic mass is 16.3. The van der Waals surface area contributed by atoms with Crippen molar-refractivity contribution in [3.63, 3.8) is 0 Å². The number of hydrogen-bond acceptors (Lipinski definition) is 3. The van der Waals surface area contributed by atoms with Crippen LogP contribution in [0, 0.1) is 0 Å². The molecule has 0 fully saturated rings. The second-order valence-corrected chi connectivity index (χ2v) is 3.69. The van der Waals surface area contributed by atoms with E-state index in [1.54, 1.807) is 18.4 Å². The Hall–Kier alpha value is -2.07. The predicted octanol–water partition coefficient (Wildman–Crippen LogP) is 1.60. The van der Waals surface area contributed by atoms with Crippen molar-refractivity contribution < 1.29 is 9.21 Å². The predicted molar refractivity (Wildman–Crippen MR) is 63.9 cm³/mol. The number of carbonyl (C=O) groups is 1. The highest BCUT2D eigenvalue weighted by Crippen LogP contribution is 2.09. The van der Waals surface area contributed by atoms with Gasteiger partial charge in [-0.15, -0.1) is 0 Å². The van der Waals surface area contributed by atoms with Gasteiger partial charge in [-0.3, -0.25) is 4.79 Å². The first-order valence-corrected chi connectivity index (χ1v) is 5.38. The minimum Gasteiger partial charge on any atom is -0.467 e. The summed E-state index contributed by atoms with van der Waals surface area (Å²) >= 11 is 0. The van der Waals surface area contributed by atoms with Gasteiger partial charge in [0.1, 0.15) is 11.8 Å². The smallest absolute Gasteiger partial charge is 0.241 e. The van der Waals surface area contributed by atoms with E-state index in [-0.39, 0.29) is 5.91 Å². The molecule has 0 aliphatic heterocycles. The fourth-order valence-corrected chi connectivity index (χ4v) is 1.51. The molecule has 17 heavy (non-hydrogen) atoms. The van der Waals surface area contributed by atoms with Crippen LogP contribution in [0.1, 0.15) is 17.4 Å². The zero-order chi connectivity index (χ0) is 12.1. The molecular weight excluding hydrogens is 216 g/mol. The highest BCUT2D eigenvalue weighted by molar-refractivity contribution is 5.82. The van der Waals surface area contributed by atoms with Crippen LogP contribution in [0.3, 0.4) is 0 Å². The summed E-state index contributed by atoms with van der Waals surface area (Å²) in [6.45, 7) is 0.354. The lowest BCUT2D eigenvalue weighted by Crippen LogP contribution is -2.33. The van der Waals surface area contributed by atoms with E-state index >= 15 is 0 Å². The molecule has 1 atom stereocenters. The zero-order valence-electron chi connectivity index (χ0n) is 9.30. The van der Waals surface area contributed by atoms with E-state index in [1.165, 1.54) is 0 Å². The van der Waals surface area contributed by atoms with Gasteiger partial charge in [-0.25, -0.2) is 0 Å². The maximum absolute atomic E-state index is 11.8. The maximum atomic E-state index is 11.8. The van der Waals surface area contributed by atoms with E-state index in [4.69, 9.17) is 10.2 Å². The molecule has 0 bridgehead atoms. The highest BCUT2D eigenvalue weighted by Gasteiger charge is 2.14. The Morgan fingerprint density at radius 2 is 2.00 bits per heavy atom. The first kappa shape index (κ1) is 11.4. The molecule has 0 unspecified atom stereocenters. The van der Waals surface area contributed by atoms with E-state index in [0.717, 1.165) is 5.56 Å². The van der Waals surface area contributed by atoms with Crippen molar-refractivity contribution in [3.8, 4) is 0 Å². The fraction of sp³-hybridized carbons (Fsp3) is 0.154. The largest absolute Gasteiger partial charge is 0.467 e. The summed E-state index contributed by atoms with van der Waals surface area (Å²) in [4.78, 5) is 11.8. The van der Waals surface area contributed by atoms with E-state index in [1.807, 2.05) is 30.3 Å². The molecule has 88 valence electrons. The Labute approximate surface area is 99.4 Å². The fourth-order valence-electron chi connectivity index (χ4n) is 1.51. The third-order valence-corrected chi connectivity index (χ3v) is 2.46. The monoisotopic (exact) mass is 230 g/mol. The third kappa shape index (κ3) is 2.95. The van der Waals surface area contributed by atoms with Crippen molar-refractivity contribution in [1.29, 1.82) is 0 Å². The van der Waals surface area contributed by atoms with Crippen LogP contribution in [-0.4, -0.2) is 5.91 Å². The molecule has 4 heteroatoms. The van der Waals surface area contributed by atoms with Crippen LogP contribution in [0.15, 0.2) is 53.1 Å². The van der Waals surface area contributed by atoms with Crippen LogP contribution in [0.5, 0.6) is 0 Å². The average molecular weight is 230 g/mol. The normalized spacial score (nSPS) is 12.1. The van der Waals surface area contributed by atoms with Gasteiger partial charge >= 0.3 is 0 Å². The number of nitrogens with one attached hydrogen (secondary N) is 1. The van der Waals surface area contributed by atoms with Crippen molar-refractivity contribution >= 4 is 5.91 Å². The van der Waals surface area contributed by atoms with Crippen molar-refractivity contribution in [2.75, 3.05) is 0 Å². The molecule has 1 heterocycles. The van der Waals surface area contributed by atoms with E-state index in [0.29, 0.717) is 12.3 Å². The Morgan fingerprint density at radius 1 is 1.24 bits per heavy atom. The van der Waals surface area contributed by atoms with Gasteiger partial charge in [0.2, 0.25) is 5.91 Å². The van der Waals surface area contributed by atoms with Gasteiger partial charge in [-0.2, -0.15) is 0 Å². The van der Waals surface area contributed by atoms with E-state index < -0.39 is 6.04 Å². The molecule has 1 amide bonds. The molecule has 0 spiro atoms. The maximum Gasteiger partial charge on any atom is 0.241 e. The number of nitrogens with two attached hydrogens (primary N) is 1. The number of rotatable bonds is 4. The first-order chi connectivity index (χ1) is 8.27. The molecule has 0 radical (unpaired) electrons. The zero-order valence-corrected chi connectivity index (χ0v) is 9.30. The van der Waals surface area contributed by atoms with Crippen LogP contribution in [0.4, 0.5) is 0 Å². The summed E-state index contributed by atoms with van der Waals surface area (Å²) in [5.74, 6) is 0.492. The van der Waals surface area contributed by atoms with Crippen molar-refractivity contribution in [2.24, 2.45) is 5.73 Å². The second kappa shape index (κ2) is 5.32. The quantitative estimate of drug-likeness (QED) is 0.838. The number of amides is 1. The molecule has 2 aromatic rings. The van der Waals surface area contributed by atoms with Gasteiger partial charge in [0, 0.05) is 0 Å². The number of hydrogen-bond donors (Lipinski definition) is 2. The minimum atomic E-state index is -0.647. The Morgan fingerprint density at radius 3 is 2.65 bits per heavy atom. The molecule has 0 saturated carbocycles. The van der Waals surface area contributed by atoms with Gasteiger partial charge in [-0.1, -0.05) is 30.3 Å². The lowest BCUT2D eigenvalue weighted by molar-refractivity contribution is -0.122. The third-order valence-electron chi connectivity index (χ3n) is 2.46. The summed E-state index contributed by atoms with van der Waals surface area (Å²) in [6.07, 6.45) is 1.57. The van der Waals surface area contributed by atoms with Gasteiger partial charge in [-0.05, 0) is 17.7 Å². The van der Waals surface area contributed by atoms with Gasteiger partial charge in [0.15, 0.2) is 0 Å². The minimum absolute atomic E-state index is 0.215. The van der Waals surface area contributed by atoms with Crippen molar-refractivity contribution in [3.05, 3.63) is 60.1 Å². The van der Waals surface area contributed by atoms with E-state index in [2.05, 4.69) is 5.32 Å². The molecule has 1 aromatic carbocycles. The molecular formula is C13H14N2O2. The topological polar surface area (TPSA) is 68.3 Å². The standard InChI is InChI=1S/C13H14N2O2/c14-12(10-5-2-1-3-6-10)13(16)15-9-11-7-4-8-17-11/h1-8,12H,9,14H2,(H,15,16)/t12-/m1/s1.